The van der Waals surface area contributed by atoms with E-state index in [9.17, 15) is 4.79 Å². The summed E-state index contributed by atoms with van der Waals surface area (Å²) in [5, 5.41) is 0. The van der Waals surface area contributed by atoms with Crippen LogP contribution in [0.5, 0.6) is 0 Å². The van der Waals surface area contributed by atoms with E-state index in [0.717, 1.165) is 18.3 Å². The largest absolute Gasteiger partial charge is 0.304 e. The van der Waals surface area contributed by atoms with Gasteiger partial charge in [0, 0.05) is 11.8 Å². The lowest BCUT2D eigenvalue weighted by molar-refractivity contribution is -0.111. The van der Waals surface area contributed by atoms with E-state index in [1.54, 1.807) is 6.08 Å². The van der Waals surface area contributed by atoms with Gasteiger partial charge >= 0.3 is 0 Å². The molecular formula is C21H31NO2. The van der Waals surface area contributed by atoms with Gasteiger partial charge in [-0.15, -0.1) is 0 Å². The maximum Gasteiger partial charge on any atom is 0.178 e. The summed E-state index contributed by atoms with van der Waals surface area (Å²) >= 11 is 0. The molecule has 0 aromatic rings. The number of rotatable bonds is 2. The fourth-order valence-electron chi connectivity index (χ4n) is 6.85. The molecule has 132 valence electrons. The lowest BCUT2D eigenvalue weighted by Crippen LogP contribution is -2.54. The summed E-state index contributed by atoms with van der Waals surface area (Å²) in [6.45, 7) is 8.01. The van der Waals surface area contributed by atoms with Gasteiger partial charge in [0.05, 0.1) is 6.61 Å². The topological polar surface area (TPSA) is 52.3 Å². The van der Waals surface area contributed by atoms with Gasteiger partial charge in [0.25, 0.3) is 0 Å². The first kappa shape index (κ1) is 16.5. The average molecular weight is 329 g/mol. The molecule has 4 rings (SSSR count). The summed E-state index contributed by atoms with van der Waals surface area (Å²) in [7, 11) is 0. The molecule has 7 atom stereocenters. The first-order chi connectivity index (χ1) is 11.4. The molecule has 3 fully saturated rings. The second-order valence-corrected chi connectivity index (χ2v) is 9.35. The Hall–Kier alpha value is -0.930. The Morgan fingerprint density at radius 1 is 1.21 bits per heavy atom. The standard InChI is InChI=1S/C21H31NO2/c1-13-4-6-18-19-10-14(12-24-22)16-11-15(23)5-7-17(16)21(19,3)9-8-20(13,18)2/h5,7,11,13-14,17-19H,4,6,8-10,12,22H2,1-3H3/t13?,14-,17?,18?,19?,20?,21+/m0/s1. The Bertz CT molecular complexity index is 609. The molecule has 3 heteroatoms. The van der Waals surface area contributed by atoms with Gasteiger partial charge < -0.3 is 4.84 Å². The second kappa shape index (κ2) is 5.54. The van der Waals surface area contributed by atoms with Gasteiger partial charge in [-0.2, -0.15) is 0 Å². The Kier molecular flexibility index (Phi) is 3.81. The van der Waals surface area contributed by atoms with E-state index in [2.05, 4.69) is 26.8 Å². The molecule has 4 aliphatic rings. The molecule has 0 aromatic heterocycles. The molecule has 0 aromatic carbocycles. The molecule has 0 saturated heterocycles. The van der Waals surface area contributed by atoms with Crippen molar-refractivity contribution in [2.75, 3.05) is 6.61 Å². The molecule has 0 heterocycles. The zero-order chi connectivity index (χ0) is 17.1. The number of hydrogen-bond acceptors (Lipinski definition) is 3. The van der Waals surface area contributed by atoms with E-state index in [0.29, 0.717) is 29.8 Å². The van der Waals surface area contributed by atoms with E-state index in [1.165, 1.54) is 31.3 Å². The summed E-state index contributed by atoms with van der Waals surface area (Å²) in [5.74, 6) is 8.59. The Morgan fingerprint density at radius 3 is 2.71 bits per heavy atom. The van der Waals surface area contributed by atoms with Crippen LogP contribution in [0.1, 0.15) is 52.9 Å². The number of carbonyl (C=O) groups is 1. The van der Waals surface area contributed by atoms with Gasteiger partial charge in [-0.25, -0.2) is 5.90 Å². The van der Waals surface area contributed by atoms with Crippen molar-refractivity contribution in [3.63, 3.8) is 0 Å². The average Bonchev–Trinajstić information content (AvgIpc) is 2.85. The summed E-state index contributed by atoms with van der Waals surface area (Å²) in [6.07, 6.45) is 12.3. The molecule has 3 nitrogen and oxygen atoms in total. The second-order valence-electron chi connectivity index (χ2n) is 9.35. The van der Waals surface area contributed by atoms with Gasteiger partial charge in [0.2, 0.25) is 0 Å². The smallest absolute Gasteiger partial charge is 0.178 e. The highest BCUT2D eigenvalue weighted by Gasteiger charge is 2.60. The first-order valence-electron chi connectivity index (χ1n) is 9.65. The van der Waals surface area contributed by atoms with Gasteiger partial charge in [0.15, 0.2) is 5.78 Å². The van der Waals surface area contributed by atoms with Crippen LogP contribution in [0.2, 0.25) is 0 Å². The number of hydrogen-bond donors (Lipinski definition) is 1. The van der Waals surface area contributed by atoms with E-state index >= 15 is 0 Å². The van der Waals surface area contributed by atoms with Crippen LogP contribution in [0.15, 0.2) is 23.8 Å². The fourth-order valence-corrected chi connectivity index (χ4v) is 6.85. The molecule has 0 spiro atoms. The highest BCUT2D eigenvalue weighted by molar-refractivity contribution is 6.01. The predicted octanol–water partition coefficient (Wildman–Crippen LogP) is 4.05. The molecule has 0 aliphatic heterocycles. The number of allylic oxidation sites excluding steroid dienone is 3. The third-order valence-corrected chi connectivity index (χ3v) is 8.56. The van der Waals surface area contributed by atoms with E-state index in [4.69, 9.17) is 10.7 Å². The Morgan fingerprint density at radius 2 is 1.96 bits per heavy atom. The third-order valence-electron chi connectivity index (χ3n) is 8.56. The van der Waals surface area contributed by atoms with Crippen LogP contribution < -0.4 is 5.90 Å². The fraction of sp³-hybridized carbons (Fsp3) is 0.762. The van der Waals surface area contributed by atoms with Crippen molar-refractivity contribution in [1.29, 1.82) is 0 Å². The zero-order valence-electron chi connectivity index (χ0n) is 15.3. The van der Waals surface area contributed by atoms with E-state index < -0.39 is 0 Å². The first-order valence-corrected chi connectivity index (χ1v) is 9.65. The molecule has 24 heavy (non-hydrogen) atoms. The molecule has 3 saturated carbocycles. The van der Waals surface area contributed by atoms with Crippen LogP contribution in [-0.2, 0) is 9.63 Å². The molecule has 5 unspecified atom stereocenters. The molecular weight excluding hydrogens is 298 g/mol. The Balaban J connectivity index is 1.74. The van der Waals surface area contributed by atoms with Crippen LogP contribution in [0.3, 0.4) is 0 Å². The van der Waals surface area contributed by atoms with Crippen molar-refractivity contribution in [3.8, 4) is 0 Å². The van der Waals surface area contributed by atoms with Crippen molar-refractivity contribution in [2.45, 2.75) is 52.9 Å². The summed E-state index contributed by atoms with van der Waals surface area (Å²) in [6, 6.07) is 0. The molecule has 4 aliphatic carbocycles. The predicted molar refractivity (Wildman–Crippen MR) is 94.8 cm³/mol. The maximum absolute atomic E-state index is 12.0. The highest BCUT2D eigenvalue weighted by Crippen LogP contribution is 2.68. The minimum absolute atomic E-state index is 0.125. The van der Waals surface area contributed by atoms with Crippen molar-refractivity contribution in [1.82, 2.24) is 0 Å². The van der Waals surface area contributed by atoms with Crippen molar-refractivity contribution in [3.05, 3.63) is 23.8 Å². The lowest BCUT2D eigenvalue weighted by atomic mass is 9.44. The number of nitrogens with two attached hydrogens (primary N) is 1. The highest BCUT2D eigenvalue weighted by atomic mass is 16.6. The number of ketones is 1. The molecule has 2 N–H and O–H groups in total. The molecule has 0 bridgehead atoms. The zero-order valence-corrected chi connectivity index (χ0v) is 15.3. The van der Waals surface area contributed by atoms with Gasteiger partial charge in [-0.05, 0) is 72.8 Å². The molecule has 0 radical (unpaired) electrons. The van der Waals surface area contributed by atoms with Crippen LogP contribution in [-0.4, -0.2) is 12.4 Å². The van der Waals surface area contributed by atoms with Gasteiger partial charge in [0.1, 0.15) is 0 Å². The van der Waals surface area contributed by atoms with Crippen LogP contribution in [0.25, 0.3) is 0 Å². The monoisotopic (exact) mass is 329 g/mol. The van der Waals surface area contributed by atoms with E-state index in [-0.39, 0.29) is 11.2 Å². The van der Waals surface area contributed by atoms with Crippen molar-refractivity contribution in [2.24, 2.45) is 46.3 Å². The minimum atomic E-state index is 0.125. The minimum Gasteiger partial charge on any atom is -0.304 e. The van der Waals surface area contributed by atoms with Crippen LogP contribution in [0, 0.1) is 40.4 Å². The van der Waals surface area contributed by atoms with Crippen molar-refractivity contribution < 1.29 is 9.63 Å². The maximum atomic E-state index is 12.0. The number of fused-ring (bicyclic) bond motifs is 5. The summed E-state index contributed by atoms with van der Waals surface area (Å²) < 4.78 is 0. The van der Waals surface area contributed by atoms with Crippen LogP contribution >= 0.6 is 0 Å². The van der Waals surface area contributed by atoms with Crippen molar-refractivity contribution >= 4 is 5.78 Å². The molecule has 0 amide bonds. The Labute approximate surface area is 145 Å². The van der Waals surface area contributed by atoms with Crippen LogP contribution in [0.4, 0.5) is 0 Å². The third kappa shape index (κ3) is 2.13. The number of carbonyl (C=O) groups excluding carboxylic acids is 1. The lowest BCUT2D eigenvalue weighted by Gasteiger charge is -2.60. The quantitative estimate of drug-likeness (QED) is 0.778. The SMILES string of the molecule is CC1CCC2C3C[C@@H](CON)C4=CC(=O)C=CC4[C@@]3(C)CCC12C. The van der Waals surface area contributed by atoms with Gasteiger partial charge in [-0.1, -0.05) is 32.4 Å². The summed E-state index contributed by atoms with van der Waals surface area (Å²) in [4.78, 5) is 17.0. The summed E-state index contributed by atoms with van der Waals surface area (Å²) in [5.41, 5.74) is 2.05. The normalized spacial score (nSPS) is 50.1. The van der Waals surface area contributed by atoms with Gasteiger partial charge in [-0.3, -0.25) is 4.79 Å². The van der Waals surface area contributed by atoms with E-state index in [1.807, 2.05) is 6.08 Å².